The summed E-state index contributed by atoms with van der Waals surface area (Å²) in [7, 11) is -4.52. The van der Waals surface area contributed by atoms with E-state index in [-0.39, 0.29) is 72.4 Å². The number of aromatic nitrogens is 1. The topological polar surface area (TPSA) is 362 Å². The number of ketones is 1. The number of benzene rings is 3. The number of anilines is 1. The van der Waals surface area contributed by atoms with Crippen molar-refractivity contribution >= 4 is 51.6 Å². The second-order valence-electron chi connectivity index (χ2n) is 18.9. The first kappa shape index (κ1) is 63.5. The summed E-state index contributed by atoms with van der Waals surface area (Å²) in [5, 5.41) is 70.6. The summed E-state index contributed by atoms with van der Waals surface area (Å²) in [4.78, 5) is 67.4. The molecule has 0 aliphatic heterocycles. The molecule has 0 saturated heterocycles. The number of nitrogens with one attached hydrogen (secondary N) is 4. The van der Waals surface area contributed by atoms with Gasteiger partial charge in [-0.25, -0.2) is 4.98 Å². The molecule has 0 radical (unpaired) electrons. The highest BCUT2D eigenvalue weighted by Gasteiger charge is 2.31. The number of hydrogen-bond acceptors (Lipinski definition) is 18. The number of nitrogens with zero attached hydrogens (tertiary/aromatic N) is 2. The highest BCUT2D eigenvalue weighted by Crippen LogP contribution is 2.33. The smallest absolute Gasteiger partial charge is 0.303 e. The van der Waals surface area contributed by atoms with Gasteiger partial charge in [-0.2, -0.15) is 13.5 Å². The minimum absolute atomic E-state index is 0.0191. The summed E-state index contributed by atoms with van der Waals surface area (Å²) in [6.07, 6.45) is 3.00. The number of Topliss-reactive ketones (excluding diaryl/α,β-unsaturated/α-hetero) is 1. The van der Waals surface area contributed by atoms with E-state index in [4.69, 9.17) is 19.3 Å². The molecule has 5 unspecified atom stereocenters. The fraction of sp³-hybridized carbons (Fsp3) is 0.446. The molecule has 80 heavy (non-hydrogen) atoms. The standard InChI is InChI=1S/C56H72N6O17S/c1-2-13-40-38-15-10-17-43(64)39(38)23-25-48(40)78-30-9-3-8-29-77-46-18-11-19-47(41(46)24-27-52(68)69)79-31-12-21-51(67)57-28-7-6-16-42(56(73)59-34-44(65)53(70)54(71)45(66)35-63)61-55(72)37-22-26-50(58-32-37)62-60-33-36-14-4-5-20-49(36)80(74,75)76/h2,4-5,11,14,18-20,22-23,25-26,32-33,42,44-45,53-54,63,65-66,70-71H,1,3,6-10,12-13,15-17,21,24,27-31,34-35H2,(H,57,67)(H,58,62)(H,59,73)(H,61,72)(H,68,69)(H,74,75,76)/b60-33+. The number of carboxylic acids is 1. The number of hydrogen-bond donors (Lipinski definition) is 11. The number of aliphatic carboxylic acids is 1. The number of aliphatic hydroxyl groups excluding tert-OH is 5. The lowest BCUT2D eigenvalue weighted by molar-refractivity contribution is -0.137. The summed E-state index contributed by atoms with van der Waals surface area (Å²) >= 11 is 0. The molecule has 434 valence electrons. The van der Waals surface area contributed by atoms with Crippen LogP contribution in [0.1, 0.15) is 114 Å². The zero-order valence-electron chi connectivity index (χ0n) is 44.3. The van der Waals surface area contributed by atoms with Crippen molar-refractivity contribution in [3.05, 3.63) is 119 Å². The van der Waals surface area contributed by atoms with Gasteiger partial charge in [-0.15, -0.1) is 6.58 Å². The van der Waals surface area contributed by atoms with Crippen LogP contribution in [0.4, 0.5) is 5.82 Å². The van der Waals surface area contributed by atoms with Crippen LogP contribution in [-0.2, 0) is 43.8 Å². The lowest BCUT2D eigenvalue weighted by Crippen LogP contribution is -2.52. The molecular weight excluding hydrogens is 1060 g/mol. The van der Waals surface area contributed by atoms with E-state index >= 15 is 0 Å². The minimum atomic E-state index is -4.52. The molecule has 0 spiro atoms. The lowest BCUT2D eigenvalue weighted by Gasteiger charge is -2.26. The SMILES string of the molecule is C=CCc1c(OCCCCCOc2cccc(OCCCC(=O)NCCCCC(NC(=O)c3ccc(N/N=C/c4ccccc4S(=O)(=O)O)nc3)C(=O)NCC(O)C(O)C(O)C(O)CO)c2CCC(=O)O)ccc2c1CCCC2=O. The van der Waals surface area contributed by atoms with Crippen molar-refractivity contribution in [3.8, 4) is 17.2 Å². The minimum Gasteiger partial charge on any atom is -0.493 e. The normalized spacial score (nSPS) is 14.2. The molecule has 0 fully saturated rings. The molecule has 23 nitrogen and oxygen atoms in total. The number of aliphatic hydroxyl groups is 5. The number of allylic oxidation sites excluding steroid dienone is 1. The van der Waals surface area contributed by atoms with Gasteiger partial charge in [-0.3, -0.25) is 34.0 Å². The number of pyridine rings is 1. The molecule has 1 aromatic heterocycles. The van der Waals surface area contributed by atoms with Crippen LogP contribution in [0.3, 0.4) is 0 Å². The summed E-state index contributed by atoms with van der Waals surface area (Å²) in [6, 6.07) is 16.1. The molecule has 1 aliphatic carbocycles. The van der Waals surface area contributed by atoms with Crippen LogP contribution in [-0.4, -0.2) is 154 Å². The zero-order valence-corrected chi connectivity index (χ0v) is 45.2. The lowest BCUT2D eigenvalue weighted by atomic mass is 9.86. The molecule has 5 rings (SSSR count). The molecule has 1 aliphatic rings. The highest BCUT2D eigenvalue weighted by atomic mass is 32.2. The first-order chi connectivity index (χ1) is 38.4. The Hall–Kier alpha value is -7.32. The predicted octanol–water partition coefficient (Wildman–Crippen LogP) is 3.46. The third-order valence-corrected chi connectivity index (χ3v) is 13.9. The Balaban J connectivity index is 1.07. The Morgan fingerprint density at radius 1 is 0.775 bits per heavy atom. The molecule has 0 saturated carbocycles. The average Bonchev–Trinajstić information content (AvgIpc) is 3.51. The second-order valence-corrected chi connectivity index (χ2v) is 20.3. The van der Waals surface area contributed by atoms with Crippen LogP contribution in [0.5, 0.6) is 17.2 Å². The van der Waals surface area contributed by atoms with Gasteiger partial charge in [0.05, 0.1) is 44.3 Å². The first-order valence-corrected chi connectivity index (χ1v) is 27.9. The number of carboxylic acid groups (broad SMARTS) is 1. The van der Waals surface area contributed by atoms with Crippen LogP contribution in [0.25, 0.3) is 0 Å². The predicted molar refractivity (Wildman–Crippen MR) is 294 cm³/mol. The van der Waals surface area contributed by atoms with Crippen molar-refractivity contribution in [1.29, 1.82) is 0 Å². The van der Waals surface area contributed by atoms with E-state index < -0.39 is 71.5 Å². The maximum Gasteiger partial charge on any atom is 0.303 e. The zero-order chi connectivity index (χ0) is 58.0. The van der Waals surface area contributed by atoms with Gasteiger partial charge in [0, 0.05) is 60.8 Å². The number of hydrazone groups is 1. The number of unbranched alkanes of at least 4 members (excludes halogenated alkanes) is 3. The molecule has 4 aromatic rings. The molecule has 5 atom stereocenters. The fourth-order valence-corrected chi connectivity index (χ4v) is 9.30. The maximum absolute atomic E-state index is 13.4. The fourth-order valence-electron chi connectivity index (χ4n) is 8.63. The number of fused-ring (bicyclic) bond motifs is 1. The van der Waals surface area contributed by atoms with Crippen LogP contribution in [0.15, 0.2) is 95.6 Å². The van der Waals surface area contributed by atoms with E-state index in [9.17, 15) is 62.5 Å². The summed E-state index contributed by atoms with van der Waals surface area (Å²) in [5.74, 6) is -0.722. The Bertz CT molecular complexity index is 2850. The van der Waals surface area contributed by atoms with Crippen LogP contribution >= 0.6 is 0 Å². The molecule has 0 bridgehead atoms. The van der Waals surface area contributed by atoms with Crippen molar-refractivity contribution in [2.75, 3.05) is 44.9 Å². The number of rotatable bonds is 36. The van der Waals surface area contributed by atoms with Crippen molar-refractivity contribution < 1.29 is 81.8 Å². The number of carbonyl (C=O) groups is 5. The third kappa shape index (κ3) is 20.1. The summed E-state index contributed by atoms with van der Waals surface area (Å²) in [5.41, 5.74) is 6.15. The average molecular weight is 1130 g/mol. The van der Waals surface area contributed by atoms with Gasteiger partial charge in [-0.1, -0.05) is 30.3 Å². The molecule has 11 N–H and O–H groups in total. The number of amides is 3. The van der Waals surface area contributed by atoms with Crippen LogP contribution in [0, 0.1) is 0 Å². The number of ether oxygens (including phenoxy) is 3. The Morgan fingerprint density at radius 3 is 2.12 bits per heavy atom. The Labute approximate surface area is 464 Å². The van der Waals surface area contributed by atoms with Gasteiger partial charge >= 0.3 is 5.97 Å². The van der Waals surface area contributed by atoms with Gasteiger partial charge in [0.1, 0.15) is 52.3 Å². The van der Waals surface area contributed by atoms with Gasteiger partial charge in [0.15, 0.2) is 5.78 Å². The van der Waals surface area contributed by atoms with E-state index in [1.807, 2.05) is 18.2 Å². The molecule has 3 aromatic carbocycles. The van der Waals surface area contributed by atoms with E-state index in [0.717, 1.165) is 54.3 Å². The monoisotopic (exact) mass is 1130 g/mol. The van der Waals surface area contributed by atoms with Gasteiger partial charge < -0.3 is 60.8 Å². The summed E-state index contributed by atoms with van der Waals surface area (Å²) in [6.45, 7) is 3.59. The maximum atomic E-state index is 13.4. The Morgan fingerprint density at radius 2 is 1.46 bits per heavy atom. The van der Waals surface area contributed by atoms with Gasteiger partial charge in [0.2, 0.25) is 11.8 Å². The van der Waals surface area contributed by atoms with Crippen molar-refractivity contribution in [2.45, 2.75) is 125 Å². The van der Waals surface area contributed by atoms with E-state index in [0.29, 0.717) is 68.8 Å². The number of carbonyl (C=O) groups excluding carboxylic acids is 4. The Kier molecular flexibility index (Phi) is 25.9. The molecule has 3 amide bonds. The first-order valence-electron chi connectivity index (χ1n) is 26.4. The van der Waals surface area contributed by atoms with Gasteiger partial charge in [-0.05, 0) is 119 Å². The molecule has 1 heterocycles. The largest absolute Gasteiger partial charge is 0.493 e. The van der Waals surface area contributed by atoms with Crippen LogP contribution in [0.2, 0.25) is 0 Å². The third-order valence-electron chi connectivity index (χ3n) is 12.9. The van der Waals surface area contributed by atoms with Crippen LogP contribution < -0.4 is 35.6 Å². The van der Waals surface area contributed by atoms with Crippen molar-refractivity contribution in [3.63, 3.8) is 0 Å². The van der Waals surface area contributed by atoms with E-state index in [1.165, 1.54) is 36.5 Å². The van der Waals surface area contributed by atoms with Gasteiger partial charge in [0.25, 0.3) is 16.0 Å². The van der Waals surface area contributed by atoms with E-state index in [1.54, 1.807) is 24.3 Å². The highest BCUT2D eigenvalue weighted by molar-refractivity contribution is 7.86. The van der Waals surface area contributed by atoms with Crippen molar-refractivity contribution in [2.24, 2.45) is 5.10 Å². The van der Waals surface area contributed by atoms with Crippen molar-refractivity contribution in [1.82, 2.24) is 20.9 Å². The quantitative estimate of drug-likeness (QED) is 0.0102. The molecule has 24 heteroatoms. The second kappa shape index (κ2) is 32.7. The summed E-state index contributed by atoms with van der Waals surface area (Å²) < 4.78 is 51.2. The molecular formula is C56H72N6O17S. The van der Waals surface area contributed by atoms with E-state index in [2.05, 4.69) is 38.0 Å².